The number of hydrogen-bond donors (Lipinski definition) is 1. The van der Waals surface area contributed by atoms with E-state index in [1.165, 1.54) is 12.1 Å². The minimum Gasteiger partial charge on any atom is -0.337 e. The van der Waals surface area contributed by atoms with Gasteiger partial charge in [0, 0.05) is 30.2 Å². The van der Waals surface area contributed by atoms with Crippen molar-refractivity contribution < 1.29 is 13.2 Å². The summed E-state index contributed by atoms with van der Waals surface area (Å²) in [5.74, 6) is -0.221. The van der Waals surface area contributed by atoms with Gasteiger partial charge in [-0.15, -0.1) is 0 Å². The van der Waals surface area contributed by atoms with Gasteiger partial charge in [-0.1, -0.05) is 29.8 Å². The highest BCUT2D eigenvalue weighted by atomic mass is 35.5. The van der Waals surface area contributed by atoms with Crippen molar-refractivity contribution in [2.45, 2.75) is 37.2 Å². The molecule has 0 bridgehead atoms. The van der Waals surface area contributed by atoms with Crippen LogP contribution in [-0.2, 0) is 16.6 Å². The summed E-state index contributed by atoms with van der Waals surface area (Å²) in [4.78, 5) is 14.5. The SMILES string of the molecule is Cc1ccc(S(=O)(=O)NC2CC2)cc1C(=O)N(C)Cc1ccc(Cl)cc1. The largest absolute Gasteiger partial charge is 0.337 e. The summed E-state index contributed by atoms with van der Waals surface area (Å²) in [7, 11) is -1.90. The zero-order valence-corrected chi connectivity index (χ0v) is 16.3. The minimum absolute atomic E-state index is 0.0213. The molecule has 0 atom stereocenters. The smallest absolute Gasteiger partial charge is 0.254 e. The number of hydrogen-bond acceptors (Lipinski definition) is 3. The number of sulfonamides is 1. The number of aryl methyl sites for hydroxylation is 1. The molecule has 1 aliphatic carbocycles. The predicted molar refractivity (Wildman–Crippen MR) is 102 cm³/mol. The molecule has 1 fully saturated rings. The lowest BCUT2D eigenvalue weighted by Crippen LogP contribution is -2.28. The number of nitrogens with zero attached hydrogens (tertiary/aromatic N) is 1. The molecular formula is C19H21ClN2O3S. The summed E-state index contributed by atoms with van der Waals surface area (Å²) in [6.45, 7) is 2.21. The van der Waals surface area contributed by atoms with E-state index in [1.54, 1.807) is 37.1 Å². The van der Waals surface area contributed by atoms with Crippen molar-refractivity contribution in [3.63, 3.8) is 0 Å². The maximum atomic E-state index is 12.8. The second-order valence-electron chi connectivity index (χ2n) is 6.66. The van der Waals surface area contributed by atoms with Crippen LogP contribution in [0.1, 0.15) is 34.3 Å². The molecule has 0 heterocycles. The fraction of sp³-hybridized carbons (Fsp3) is 0.316. The molecule has 0 saturated heterocycles. The molecule has 7 heteroatoms. The maximum Gasteiger partial charge on any atom is 0.254 e. The minimum atomic E-state index is -3.59. The molecule has 0 aromatic heterocycles. The molecule has 1 N–H and O–H groups in total. The topological polar surface area (TPSA) is 66.5 Å². The number of rotatable bonds is 6. The highest BCUT2D eigenvalue weighted by molar-refractivity contribution is 7.89. The fourth-order valence-corrected chi connectivity index (χ4v) is 4.09. The van der Waals surface area contributed by atoms with Crippen LogP contribution in [0.2, 0.25) is 5.02 Å². The Morgan fingerprint density at radius 2 is 1.85 bits per heavy atom. The Morgan fingerprint density at radius 1 is 1.19 bits per heavy atom. The standard InChI is InChI=1S/C19H21ClN2O3S/c1-13-3-10-17(26(24,25)21-16-8-9-16)11-18(13)19(23)22(2)12-14-4-6-15(20)7-5-14/h3-7,10-11,16,21H,8-9,12H2,1-2H3. The molecule has 3 rings (SSSR count). The van der Waals surface area contributed by atoms with Crippen molar-refractivity contribution in [3.05, 3.63) is 64.2 Å². The monoisotopic (exact) mass is 392 g/mol. The summed E-state index contributed by atoms with van der Waals surface area (Å²) >= 11 is 5.88. The van der Waals surface area contributed by atoms with Crippen molar-refractivity contribution in [2.24, 2.45) is 0 Å². The van der Waals surface area contributed by atoms with E-state index >= 15 is 0 Å². The van der Waals surface area contributed by atoms with E-state index in [0.29, 0.717) is 17.1 Å². The van der Waals surface area contributed by atoms with Crippen LogP contribution in [0.3, 0.4) is 0 Å². The first-order valence-corrected chi connectivity index (χ1v) is 10.3. The van der Waals surface area contributed by atoms with Gasteiger partial charge in [-0.05, 0) is 55.2 Å². The van der Waals surface area contributed by atoms with Gasteiger partial charge in [0.25, 0.3) is 5.91 Å². The zero-order chi connectivity index (χ0) is 18.9. The van der Waals surface area contributed by atoms with Crippen LogP contribution in [0, 0.1) is 6.92 Å². The van der Waals surface area contributed by atoms with Crippen LogP contribution in [0.25, 0.3) is 0 Å². The first kappa shape index (κ1) is 18.9. The molecule has 0 spiro atoms. The number of benzene rings is 2. The third-order valence-electron chi connectivity index (χ3n) is 4.33. The fourth-order valence-electron chi connectivity index (χ4n) is 2.63. The Kier molecular flexibility index (Phi) is 5.37. The van der Waals surface area contributed by atoms with Crippen molar-refractivity contribution in [3.8, 4) is 0 Å². The van der Waals surface area contributed by atoms with E-state index in [4.69, 9.17) is 11.6 Å². The van der Waals surface area contributed by atoms with Gasteiger partial charge in [0.05, 0.1) is 4.90 Å². The Labute approximate surface area is 159 Å². The quantitative estimate of drug-likeness (QED) is 0.819. The molecule has 138 valence electrons. The van der Waals surface area contributed by atoms with Crippen LogP contribution in [0.15, 0.2) is 47.4 Å². The molecule has 1 amide bonds. The van der Waals surface area contributed by atoms with Gasteiger partial charge < -0.3 is 4.90 Å². The Balaban J connectivity index is 1.81. The highest BCUT2D eigenvalue weighted by Crippen LogP contribution is 2.24. The lowest BCUT2D eigenvalue weighted by atomic mass is 10.1. The third kappa shape index (κ3) is 4.44. The number of halogens is 1. The molecule has 26 heavy (non-hydrogen) atoms. The first-order chi connectivity index (χ1) is 12.3. The number of amides is 1. The van der Waals surface area contributed by atoms with Gasteiger partial charge in [-0.3, -0.25) is 4.79 Å². The first-order valence-electron chi connectivity index (χ1n) is 8.39. The van der Waals surface area contributed by atoms with Gasteiger partial charge in [0.15, 0.2) is 0 Å². The van der Waals surface area contributed by atoms with Crippen LogP contribution in [0.4, 0.5) is 0 Å². The second-order valence-corrected chi connectivity index (χ2v) is 8.81. The Morgan fingerprint density at radius 3 is 2.46 bits per heavy atom. The van der Waals surface area contributed by atoms with Gasteiger partial charge in [-0.25, -0.2) is 13.1 Å². The summed E-state index contributed by atoms with van der Waals surface area (Å²) in [5.41, 5.74) is 2.07. The lowest BCUT2D eigenvalue weighted by Gasteiger charge is -2.19. The number of carbonyl (C=O) groups is 1. The number of carbonyl (C=O) groups excluding carboxylic acids is 1. The van der Waals surface area contributed by atoms with Crippen molar-refractivity contribution in [1.82, 2.24) is 9.62 Å². The summed E-state index contributed by atoms with van der Waals surface area (Å²) in [5, 5.41) is 0.639. The van der Waals surface area contributed by atoms with Crippen LogP contribution in [-0.4, -0.2) is 32.3 Å². The highest BCUT2D eigenvalue weighted by Gasteiger charge is 2.28. The van der Waals surface area contributed by atoms with Crippen LogP contribution >= 0.6 is 11.6 Å². The molecule has 1 saturated carbocycles. The second kappa shape index (κ2) is 7.39. The van der Waals surface area contributed by atoms with E-state index in [2.05, 4.69) is 4.72 Å². The van der Waals surface area contributed by atoms with E-state index in [9.17, 15) is 13.2 Å². The van der Waals surface area contributed by atoms with Crippen molar-refractivity contribution in [2.75, 3.05) is 7.05 Å². The van der Waals surface area contributed by atoms with Crippen LogP contribution < -0.4 is 4.72 Å². The normalized spacial score (nSPS) is 14.3. The molecule has 0 radical (unpaired) electrons. The average molecular weight is 393 g/mol. The summed E-state index contributed by atoms with van der Waals surface area (Å²) in [6, 6.07) is 12.0. The average Bonchev–Trinajstić information content (AvgIpc) is 3.39. The number of nitrogens with one attached hydrogen (secondary N) is 1. The van der Waals surface area contributed by atoms with Crippen molar-refractivity contribution in [1.29, 1.82) is 0 Å². The molecule has 2 aromatic carbocycles. The molecular weight excluding hydrogens is 372 g/mol. The molecule has 1 aliphatic rings. The Hall–Kier alpha value is -1.89. The predicted octanol–water partition coefficient (Wildman–Crippen LogP) is 3.36. The van der Waals surface area contributed by atoms with Crippen LogP contribution in [0.5, 0.6) is 0 Å². The molecule has 0 aliphatic heterocycles. The third-order valence-corrected chi connectivity index (χ3v) is 6.10. The van der Waals surface area contributed by atoms with E-state index in [0.717, 1.165) is 24.0 Å². The molecule has 5 nitrogen and oxygen atoms in total. The van der Waals surface area contributed by atoms with E-state index < -0.39 is 10.0 Å². The van der Waals surface area contributed by atoms with Gasteiger partial charge in [0.1, 0.15) is 0 Å². The summed E-state index contributed by atoms with van der Waals surface area (Å²) in [6.07, 6.45) is 1.72. The summed E-state index contributed by atoms with van der Waals surface area (Å²) < 4.78 is 27.5. The van der Waals surface area contributed by atoms with E-state index in [-0.39, 0.29) is 16.8 Å². The van der Waals surface area contributed by atoms with Gasteiger partial charge in [0.2, 0.25) is 10.0 Å². The maximum absolute atomic E-state index is 12.8. The van der Waals surface area contributed by atoms with E-state index in [1.807, 2.05) is 12.1 Å². The van der Waals surface area contributed by atoms with Gasteiger partial charge >= 0.3 is 0 Å². The Bertz CT molecular complexity index is 922. The van der Waals surface area contributed by atoms with Gasteiger partial charge in [-0.2, -0.15) is 0 Å². The zero-order valence-electron chi connectivity index (χ0n) is 14.7. The lowest BCUT2D eigenvalue weighted by molar-refractivity contribution is 0.0784. The molecule has 2 aromatic rings. The molecule has 0 unspecified atom stereocenters. The van der Waals surface area contributed by atoms with Crippen molar-refractivity contribution >= 4 is 27.5 Å².